The quantitative estimate of drug-likeness (QED) is 0.541. The highest BCUT2D eigenvalue weighted by Gasteiger charge is 2.18. The summed E-state index contributed by atoms with van der Waals surface area (Å²) < 4.78 is 8.08. The number of nitrogens with one attached hydrogen (secondary N) is 1. The average molecular weight is 387 g/mol. The smallest absolute Gasteiger partial charge is 0.240 e. The lowest BCUT2D eigenvalue weighted by molar-refractivity contribution is -0.123. The van der Waals surface area contributed by atoms with E-state index in [9.17, 15) is 4.79 Å². The fraction of sp³-hybridized carbons (Fsp3) is 0.250. The second kappa shape index (κ2) is 7.59. The molecule has 0 bridgehead atoms. The van der Waals surface area contributed by atoms with E-state index in [2.05, 4.69) is 17.4 Å². The Labute approximate surface area is 170 Å². The number of hydrogen-bond donors (Lipinski definition) is 1. The third-order valence-corrected chi connectivity index (χ3v) is 4.66. The molecule has 5 heteroatoms. The average Bonchev–Trinajstić information content (AvgIpc) is 3.02. The van der Waals surface area contributed by atoms with Crippen molar-refractivity contribution in [2.45, 2.75) is 39.5 Å². The topological polar surface area (TPSA) is 56.2 Å². The number of para-hydroxylation sites is 2. The number of amides is 1. The fourth-order valence-corrected chi connectivity index (χ4v) is 3.48. The molecule has 1 amide bonds. The van der Waals surface area contributed by atoms with Crippen molar-refractivity contribution in [2.75, 3.05) is 0 Å². The predicted molar refractivity (Wildman–Crippen MR) is 116 cm³/mol. The van der Waals surface area contributed by atoms with Gasteiger partial charge in [0.15, 0.2) is 0 Å². The van der Waals surface area contributed by atoms with E-state index in [0.717, 1.165) is 33.4 Å². The van der Waals surface area contributed by atoms with Gasteiger partial charge in [-0.3, -0.25) is 4.79 Å². The monoisotopic (exact) mass is 387 g/mol. The van der Waals surface area contributed by atoms with Gasteiger partial charge in [0, 0.05) is 10.9 Å². The maximum absolute atomic E-state index is 12.6. The Morgan fingerprint density at radius 2 is 1.72 bits per heavy atom. The zero-order valence-electron chi connectivity index (χ0n) is 17.0. The lowest BCUT2D eigenvalue weighted by Gasteiger charge is -2.21. The van der Waals surface area contributed by atoms with E-state index in [1.165, 1.54) is 0 Å². The van der Waals surface area contributed by atoms with Gasteiger partial charge in [0.05, 0.1) is 11.0 Å². The molecule has 3 aromatic carbocycles. The summed E-state index contributed by atoms with van der Waals surface area (Å²) in [5.74, 6) is 1.48. The molecule has 0 aliphatic carbocycles. The first-order valence-corrected chi connectivity index (χ1v) is 9.76. The van der Waals surface area contributed by atoms with Gasteiger partial charge in [-0.25, -0.2) is 4.98 Å². The molecule has 1 N–H and O–H groups in total. The molecule has 4 rings (SSSR count). The van der Waals surface area contributed by atoms with E-state index in [1.54, 1.807) is 0 Å². The molecule has 4 aromatic rings. The Kier molecular flexibility index (Phi) is 4.97. The third kappa shape index (κ3) is 4.24. The Bertz CT molecular complexity index is 1170. The molecule has 0 aliphatic rings. The summed E-state index contributed by atoms with van der Waals surface area (Å²) in [4.78, 5) is 17.3. The summed E-state index contributed by atoms with van der Waals surface area (Å²) in [6.45, 7) is 6.40. The van der Waals surface area contributed by atoms with Crippen molar-refractivity contribution in [3.63, 3.8) is 0 Å². The molecule has 0 saturated carbocycles. The van der Waals surface area contributed by atoms with E-state index in [-0.39, 0.29) is 24.6 Å². The summed E-state index contributed by atoms with van der Waals surface area (Å²) >= 11 is 0. The van der Waals surface area contributed by atoms with Crippen molar-refractivity contribution < 1.29 is 9.53 Å². The number of aromatic nitrogens is 2. The summed E-state index contributed by atoms with van der Waals surface area (Å²) in [6, 6.07) is 22.0. The van der Waals surface area contributed by atoms with Crippen molar-refractivity contribution >= 4 is 27.7 Å². The molecule has 0 atom stereocenters. The van der Waals surface area contributed by atoms with Gasteiger partial charge < -0.3 is 14.6 Å². The standard InChI is InChI=1S/C24H25N3O2/c1-24(2,3)26-23(28)15-27-20-13-7-6-12-19(20)25-22(27)16-29-21-14-8-10-17-9-4-5-11-18(17)21/h4-14H,15-16H2,1-3H3,(H,26,28). The van der Waals surface area contributed by atoms with Crippen LogP contribution < -0.4 is 10.1 Å². The zero-order chi connectivity index (χ0) is 20.4. The van der Waals surface area contributed by atoms with Gasteiger partial charge in [0.2, 0.25) is 5.91 Å². The molecule has 148 valence electrons. The molecule has 0 saturated heterocycles. The van der Waals surface area contributed by atoms with E-state index >= 15 is 0 Å². The molecule has 0 fully saturated rings. The fourth-order valence-electron chi connectivity index (χ4n) is 3.48. The van der Waals surface area contributed by atoms with E-state index < -0.39 is 0 Å². The first-order valence-electron chi connectivity index (χ1n) is 9.76. The summed E-state index contributed by atoms with van der Waals surface area (Å²) in [5, 5.41) is 5.21. The number of benzene rings is 3. The van der Waals surface area contributed by atoms with Gasteiger partial charge >= 0.3 is 0 Å². The van der Waals surface area contributed by atoms with Crippen molar-refractivity contribution in [3.05, 3.63) is 72.6 Å². The Hall–Kier alpha value is -3.34. The Balaban J connectivity index is 1.64. The first kappa shape index (κ1) is 19.0. The van der Waals surface area contributed by atoms with E-state index in [4.69, 9.17) is 9.72 Å². The molecule has 29 heavy (non-hydrogen) atoms. The van der Waals surface area contributed by atoms with Crippen LogP contribution in [0.25, 0.3) is 21.8 Å². The molecule has 0 aliphatic heterocycles. The highest BCUT2D eigenvalue weighted by Crippen LogP contribution is 2.26. The van der Waals surface area contributed by atoms with Crippen LogP contribution in [0.5, 0.6) is 5.75 Å². The maximum Gasteiger partial charge on any atom is 0.240 e. The van der Waals surface area contributed by atoms with Crippen LogP contribution in [0, 0.1) is 0 Å². The third-order valence-electron chi connectivity index (χ3n) is 4.66. The number of hydrogen-bond acceptors (Lipinski definition) is 3. The number of carbonyl (C=O) groups excluding carboxylic acids is 1. The van der Waals surface area contributed by atoms with E-state index in [0.29, 0.717) is 0 Å². The number of carbonyl (C=O) groups is 1. The van der Waals surface area contributed by atoms with Gasteiger partial charge in [-0.05, 0) is 44.4 Å². The highest BCUT2D eigenvalue weighted by molar-refractivity contribution is 5.88. The zero-order valence-corrected chi connectivity index (χ0v) is 17.0. The van der Waals surface area contributed by atoms with Crippen LogP contribution in [-0.4, -0.2) is 21.0 Å². The van der Waals surface area contributed by atoms with Crippen LogP contribution in [0.2, 0.25) is 0 Å². The van der Waals surface area contributed by atoms with Crippen molar-refractivity contribution in [1.82, 2.24) is 14.9 Å². The van der Waals surface area contributed by atoms with Gasteiger partial charge in [0.1, 0.15) is 24.7 Å². The molecule has 5 nitrogen and oxygen atoms in total. The number of nitrogens with zero attached hydrogens (tertiary/aromatic N) is 2. The molecular weight excluding hydrogens is 362 g/mol. The minimum atomic E-state index is -0.285. The van der Waals surface area contributed by atoms with Crippen LogP contribution >= 0.6 is 0 Å². The van der Waals surface area contributed by atoms with Crippen LogP contribution in [0.15, 0.2) is 66.7 Å². The van der Waals surface area contributed by atoms with Crippen molar-refractivity contribution in [3.8, 4) is 5.75 Å². The normalized spacial score (nSPS) is 11.7. The van der Waals surface area contributed by atoms with Crippen LogP contribution in [0.1, 0.15) is 26.6 Å². The van der Waals surface area contributed by atoms with Crippen LogP contribution in [0.3, 0.4) is 0 Å². The maximum atomic E-state index is 12.6. The second-order valence-corrected chi connectivity index (χ2v) is 8.17. The summed E-state index contributed by atoms with van der Waals surface area (Å²) in [6.07, 6.45) is 0. The molecule has 0 unspecified atom stereocenters. The van der Waals surface area contributed by atoms with Gasteiger partial charge in [0.25, 0.3) is 0 Å². The molecule has 0 spiro atoms. The minimum absolute atomic E-state index is 0.0490. The highest BCUT2D eigenvalue weighted by atomic mass is 16.5. The largest absolute Gasteiger partial charge is 0.485 e. The number of fused-ring (bicyclic) bond motifs is 2. The minimum Gasteiger partial charge on any atom is -0.485 e. The molecule has 1 heterocycles. The number of imidazole rings is 1. The molecule has 0 radical (unpaired) electrons. The Morgan fingerprint density at radius 3 is 2.55 bits per heavy atom. The van der Waals surface area contributed by atoms with Gasteiger partial charge in [-0.1, -0.05) is 48.5 Å². The number of rotatable bonds is 5. The lowest BCUT2D eigenvalue weighted by Crippen LogP contribution is -2.42. The lowest BCUT2D eigenvalue weighted by atomic mass is 10.1. The SMILES string of the molecule is CC(C)(C)NC(=O)Cn1c(COc2cccc3ccccc23)nc2ccccc21. The van der Waals surface area contributed by atoms with Crippen molar-refractivity contribution in [2.24, 2.45) is 0 Å². The molecular formula is C24H25N3O2. The van der Waals surface area contributed by atoms with Crippen LogP contribution in [0.4, 0.5) is 0 Å². The van der Waals surface area contributed by atoms with Crippen LogP contribution in [-0.2, 0) is 17.9 Å². The Morgan fingerprint density at radius 1 is 1.00 bits per heavy atom. The summed E-state index contributed by atoms with van der Waals surface area (Å²) in [5.41, 5.74) is 1.49. The van der Waals surface area contributed by atoms with Gasteiger partial charge in [-0.15, -0.1) is 0 Å². The van der Waals surface area contributed by atoms with Gasteiger partial charge in [-0.2, -0.15) is 0 Å². The van der Waals surface area contributed by atoms with Crippen molar-refractivity contribution in [1.29, 1.82) is 0 Å². The van der Waals surface area contributed by atoms with E-state index in [1.807, 2.05) is 79.9 Å². The number of ether oxygens (including phenoxy) is 1. The second-order valence-electron chi connectivity index (χ2n) is 8.17. The predicted octanol–water partition coefficient (Wildman–Crippen LogP) is 4.68. The first-order chi connectivity index (χ1) is 13.9. The molecule has 1 aromatic heterocycles. The summed E-state index contributed by atoms with van der Waals surface area (Å²) in [7, 11) is 0.